The van der Waals surface area contributed by atoms with Crippen LogP contribution >= 0.6 is 0 Å². The molecule has 1 aliphatic carbocycles. The molecule has 1 amide bonds. The Kier molecular flexibility index (Phi) is 3.22. The highest BCUT2D eigenvalue weighted by atomic mass is 16.3. The lowest BCUT2D eigenvalue weighted by molar-refractivity contribution is 0.0743. The summed E-state index contributed by atoms with van der Waals surface area (Å²) in [5, 5.41) is 9.52. The molecule has 0 heterocycles. The van der Waals surface area contributed by atoms with Gasteiger partial charge in [0.15, 0.2) is 0 Å². The van der Waals surface area contributed by atoms with E-state index in [1.165, 1.54) is 6.07 Å². The van der Waals surface area contributed by atoms with Crippen molar-refractivity contribution in [1.29, 1.82) is 0 Å². The molecule has 92 valence electrons. The van der Waals surface area contributed by atoms with Crippen LogP contribution in [0.2, 0.25) is 0 Å². The monoisotopic (exact) mass is 234 g/mol. The number of nitrogens with zero attached hydrogens (tertiary/aromatic N) is 1. The Bertz CT molecular complexity index is 427. The number of anilines is 1. The van der Waals surface area contributed by atoms with Gasteiger partial charge in [-0.3, -0.25) is 4.79 Å². The summed E-state index contributed by atoms with van der Waals surface area (Å²) >= 11 is 0. The molecule has 4 nitrogen and oxygen atoms in total. The topological polar surface area (TPSA) is 66.6 Å². The van der Waals surface area contributed by atoms with Crippen LogP contribution in [-0.2, 0) is 0 Å². The summed E-state index contributed by atoms with van der Waals surface area (Å²) in [5.74, 6) is -0.0345. The normalized spacial score (nSPS) is 14.6. The Balaban J connectivity index is 2.19. The predicted molar refractivity (Wildman–Crippen MR) is 66.9 cm³/mol. The largest absolute Gasteiger partial charge is 0.506 e. The highest BCUT2D eigenvalue weighted by Crippen LogP contribution is 2.29. The lowest BCUT2D eigenvalue weighted by Gasteiger charge is -2.21. The Morgan fingerprint density at radius 2 is 2.24 bits per heavy atom. The third-order valence-corrected chi connectivity index (χ3v) is 2.99. The maximum atomic E-state index is 12.3. The summed E-state index contributed by atoms with van der Waals surface area (Å²) in [6.45, 7) is 2.83. The number of nitrogens with two attached hydrogens (primary N) is 1. The van der Waals surface area contributed by atoms with Gasteiger partial charge in [-0.2, -0.15) is 0 Å². The molecule has 1 aliphatic rings. The molecule has 0 bridgehead atoms. The number of phenols is 1. The molecule has 0 radical (unpaired) electrons. The van der Waals surface area contributed by atoms with E-state index in [9.17, 15) is 9.90 Å². The Hall–Kier alpha value is -1.71. The van der Waals surface area contributed by atoms with E-state index in [0.717, 1.165) is 25.8 Å². The van der Waals surface area contributed by atoms with Crippen molar-refractivity contribution in [2.75, 3.05) is 12.3 Å². The zero-order valence-corrected chi connectivity index (χ0v) is 10.0. The number of rotatable bonds is 4. The molecule has 0 saturated heterocycles. The molecule has 3 N–H and O–H groups in total. The number of hydrogen-bond acceptors (Lipinski definition) is 3. The van der Waals surface area contributed by atoms with E-state index < -0.39 is 0 Å². The molecule has 17 heavy (non-hydrogen) atoms. The van der Waals surface area contributed by atoms with Crippen LogP contribution < -0.4 is 5.73 Å². The van der Waals surface area contributed by atoms with Crippen LogP contribution in [0.1, 0.15) is 36.5 Å². The van der Waals surface area contributed by atoms with Crippen LogP contribution in [0.4, 0.5) is 5.69 Å². The van der Waals surface area contributed by atoms with Crippen molar-refractivity contribution in [1.82, 2.24) is 4.90 Å². The van der Waals surface area contributed by atoms with Crippen LogP contribution in [-0.4, -0.2) is 28.5 Å². The van der Waals surface area contributed by atoms with Crippen molar-refractivity contribution in [2.24, 2.45) is 0 Å². The summed E-state index contributed by atoms with van der Waals surface area (Å²) in [7, 11) is 0. The van der Waals surface area contributed by atoms with Crippen LogP contribution in [0.3, 0.4) is 0 Å². The van der Waals surface area contributed by atoms with Crippen LogP contribution in [0.25, 0.3) is 0 Å². The van der Waals surface area contributed by atoms with Gasteiger partial charge in [-0.25, -0.2) is 0 Å². The molecule has 2 rings (SSSR count). The van der Waals surface area contributed by atoms with Crippen molar-refractivity contribution in [3.8, 4) is 5.75 Å². The fourth-order valence-electron chi connectivity index (χ4n) is 1.92. The first-order valence-corrected chi connectivity index (χ1v) is 6.03. The van der Waals surface area contributed by atoms with Gasteiger partial charge in [0.1, 0.15) is 5.75 Å². The van der Waals surface area contributed by atoms with Crippen molar-refractivity contribution in [3.63, 3.8) is 0 Å². The fraction of sp³-hybridized carbons (Fsp3) is 0.462. The average molecular weight is 234 g/mol. The van der Waals surface area contributed by atoms with Gasteiger partial charge in [0.05, 0.1) is 5.69 Å². The molecule has 1 fully saturated rings. The number of aromatic hydroxyl groups is 1. The quantitative estimate of drug-likeness (QED) is 0.618. The number of hydrogen-bond donors (Lipinski definition) is 2. The average Bonchev–Trinajstić information content (AvgIpc) is 3.13. The second-order valence-electron chi connectivity index (χ2n) is 4.50. The molecule has 0 unspecified atom stereocenters. The third kappa shape index (κ3) is 2.52. The van der Waals surface area contributed by atoms with Gasteiger partial charge in [-0.15, -0.1) is 0 Å². The van der Waals surface area contributed by atoms with Crippen molar-refractivity contribution in [2.45, 2.75) is 32.2 Å². The van der Waals surface area contributed by atoms with Gasteiger partial charge in [0.2, 0.25) is 0 Å². The molecule has 0 aliphatic heterocycles. The Labute approximate surface area is 101 Å². The summed E-state index contributed by atoms with van der Waals surface area (Å²) in [6.07, 6.45) is 3.13. The number of carbonyl (C=O) groups excluding carboxylic acids is 1. The summed E-state index contributed by atoms with van der Waals surface area (Å²) in [6, 6.07) is 5.08. The molecule has 1 aromatic rings. The molecule has 0 spiro atoms. The maximum absolute atomic E-state index is 12.3. The molecule has 0 aromatic heterocycles. The van der Waals surface area contributed by atoms with Crippen molar-refractivity contribution < 1.29 is 9.90 Å². The van der Waals surface area contributed by atoms with E-state index in [-0.39, 0.29) is 11.7 Å². The zero-order valence-electron chi connectivity index (χ0n) is 10.0. The second kappa shape index (κ2) is 4.65. The van der Waals surface area contributed by atoms with E-state index in [1.807, 2.05) is 4.90 Å². The highest BCUT2D eigenvalue weighted by molar-refractivity contribution is 5.95. The molecule has 1 aromatic carbocycles. The van der Waals surface area contributed by atoms with E-state index >= 15 is 0 Å². The van der Waals surface area contributed by atoms with Crippen LogP contribution in [0.15, 0.2) is 18.2 Å². The van der Waals surface area contributed by atoms with E-state index in [1.54, 1.807) is 12.1 Å². The van der Waals surface area contributed by atoms with Gasteiger partial charge < -0.3 is 15.7 Å². The predicted octanol–water partition coefficient (Wildman–Crippen LogP) is 1.99. The number of carbonyl (C=O) groups is 1. The Morgan fingerprint density at radius 3 is 2.76 bits per heavy atom. The fourth-order valence-corrected chi connectivity index (χ4v) is 1.92. The molecule has 0 atom stereocenters. The lowest BCUT2D eigenvalue weighted by atomic mass is 10.1. The molecule has 1 saturated carbocycles. The minimum absolute atomic E-state index is 0.00958. The summed E-state index contributed by atoms with van der Waals surface area (Å²) in [4.78, 5) is 14.1. The van der Waals surface area contributed by atoms with E-state index in [4.69, 9.17) is 5.73 Å². The highest BCUT2D eigenvalue weighted by Gasteiger charge is 2.32. The number of phenolic OH excluding ortho intramolecular Hbond substituents is 1. The minimum Gasteiger partial charge on any atom is -0.506 e. The smallest absolute Gasteiger partial charge is 0.254 e. The first-order valence-electron chi connectivity index (χ1n) is 6.03. The van der Waals surface area contributed by atoms with Gasteiger partial charge in [0.25, 0.3) is 5.91 Å². The van der Waals surface area contributed by atoms with Crippen LogP contribution in [0, 0.1) is 0 Å². The van der Waals surface area contributed by atoms with Crippen molar-refractivity contribution in [3.05, 3.63) is 23.8 Å². The Morgan fingerprint density at radius 1 is 1.53 bits per heavy atom. The summed E-state index contributed by atoms with van der Waals surface area (Å²) < 4.78 is 0. The number of amides is 1. The minimum atomic E-state index is -0.0249. The van der Waals surface area contributed by atoms with Gasteiger partial charge in [-0.05, 0) is 37.5 Å². The van der Waals surface area contributed by atoms with Gasteiger partial charge >= 0.3 is 0 Å². The van der Waals surface area contributed by atoms with Gasteiger partial charge in [-0.1, -0.05) is 6.92 Å². The molecular weight excluding hydrogens is 216 g/mol. The molecule has 4 heteroatoms. The standard InChI is InChI=1S/C13H18N2O2/c1-2-7-15(10-4-5-10)13(17)9-3-6-11(14)12(16)8-9/h3,6,8,10,16H,2,4-5,7,14H2,1H3. The number of nitrogen functional groups attached to an aromatic ring is 1. The second-order valence-corrected chi connectivity index (χ2v) is 4.50. The zero-order chi connectivity index (χ0) is 12.4. The van der Waals surface area contributed by atoms with E-state index in [0.29, 0.717) is 17.3 Å². The van der Waals surface area contributed by atoms with Crippen LogP contribution in [0.5, 0.6) is 5.75 Å². The lowest BCUT2D eigenvalue weighted by Crippen LogP contribution is -2.33. The van der Waals surface area contributed by atoms with E-state index in [2.05, 4.69) is 6.92 Å². The number of benzene rings is 1. The first-order chi connectivity index (χ1) is 8.13. The van der Waals surface area contributed by atoms with Crippen molar-refractivity contribution >= 4 is 11.6 Å². The SMILES string of the molecule is CCCN(C(=O)c1ccc(N)c(O)c1)C1CC1. The third-order valence-electron chi connectivity index (χ3n) is 2.99. The summed E-state index contributed by atoms with van der Waals surface area (Å²) in [5.41, 5.74) is 6.33. The van der Waals surface area contributed by atoms with Gasteiger partial charge in [0, 0.05) is 18.2 Å². The first kappa shape index (κ1) is 11.8. The maximum Gasteiger partial charge on any atom is 0.254 e. The molecular formula is C13H18N2O2.